The summed E-state index contributed by atoms with van der Waals surface area (Å²) in [5.74, 6) is -0.444. The maximum atomic E-state index is 12.9. The van der Waals surface area contributed by atoms with Gasteiger partial charge in [0.1, 0.15) is 0 Å². The number of aromatic nitrogens is 2. The first kappa shape index (κ1) is 23.2. The number of nitrogens with zero attached hydrogens (tertiary/aromatic N) is 2. The van der Waals surface area contributed by atoms with E-state index in [9.17, 15) is 9.59 Å². The molecule has 0 spiro atoms. The number of thioether (sulfide) groups is 1. The maximum absolute atomic E-state index is 12.9. The second-order valence-electron chi connectivity index (χ2n) is 7.39. The van der Waals surface area contributed by atoms with Crippen molar-refractivity contribution in [2.75, 3.05) is 11.9 Å². The number of esters is 1. The fourth-order valence-electron chi connectivity index (χ4n) is 3.33. The third-order valence-corrected chi connectivity index (χ3v) is 6.86. The van der Waals surface area contributed by atoms with Crippen LogP contribution in [0.5, 0.6) is 0 Å². The van der Waals surface area contributed by atoms with E-state index in [0.29, 0.717) is 23.9 Å². The van der Waals surface area contributed by atoms with Crippen LogP contribution in [0.15, 0.2) is 28.6 Å². The van der Waals surface area contributed by atoms with Gasteiger partial charge in [0.15, 0.2) is 5.13 Å². The first-order valence-electron chi connectivity index (χ1n) is 10.3. The van der Waals surface area contributed by atoms with Gasteiger partial charge in [0.2, 0.25) is 5.91 Å². The highest BCUT2D eigenvalue weighted by atomic mass is 32.2. The van der Waals surface area contributed by atoms with Gasteiger partial charge in [-0.05, 0) is 57.4 Å². The first-order valence-corrected chi connectivity index (χ1v) is 12.0. The standard InChI is InChI=1S/C23H27N3O3S2/c1-6-18(22(28)26-23-24-16(12-30-23)11-20(27)29-7-2)31-19-10-14(4)17-9-13(3)8-15(5)21(17)25-19/h8-10,12,18H,6-7,11H2,1-5H3,(H,24,26,28). The van der Waals surface area contributed by atoms with Crippen LogP contribution < -0.4 is 5.32 Å². The molecule has 1 aromatic carbocycles. The van der Waals surface area contributed by atoms with Crippen LogP contribution in [0.3, 0.4) is 0 Å². The average molecular weight is 458 g/mol. The van der Waals surface area contributed by atoms with E-state index >= 15 is 0 Å². The molecule has 1 atom stereocenters. The van der Waals surface area contributed by atoms with E-state index in [4.69, 9.17) is 9.72 Å². The van der Waals surface area contributed by atoms with Gasteiger partial charge in [0.25, 0.3) is 0 Å². The van der Waals surface area contributed by atoms with Crippen molar-refractivity contribution in [3.63, 3.8) is 0 Å². The second kappa shape index (κ2) is 10.2. The minimum atomic E-state index is -0.323. The van der Waals surface area contributed by atoms with Gasteiger partial charge >= 0.3 is 5.97 Å². The van der Waals surface area contributed by atoms with E-state index in [1.165, 1.54) is 28.7 Å². The Morgan fingerprint density at radius 2 is 1.90 bits per heavy atom. The van der Waals surface area contributed by atoms with E-state index in [2.05, 4.69) is 43.2 Å². The summed E-state index contributed by atoms with van der Waals surface area (Å²) in [7, 11) is 0. The molecule has 1 unspecified atom stereocenters. The summed E-state index contributed by atoms with van der Waals surface area (Å²) >= 11 is 2.77. The van der Waals surface area contributed by atoms with Crippen LogP contribution in [0.2, 0.25) is 0 Å². The lowest BCUT2D eigenvalue weighted by Gasteiger charge is -2.15. The molecule has 0 bridgehead atoms. The number of ether oxygens (including phenoxy) is 1. The summed E-state index contributed by atoms with van der Waals surface area (Å²) in [6, 6.07) is 6.33. The third-order valence-electron chi connectivity index (χ3n) is 4.77. The molecular formula is C23H27N3O3S2. The minimum Gasteiger partial charge on any atom is -0.466 e. The summed E-state index contributed by atoms with van der Waals surface area (Å²) < 4.78 is 4.94. The second-order valence-corrected chi connectivity index (χ2v) is 9.47. The molecule has 3 rings (SSSR count). The van der Waals surface area contributed by atoms with E-state index in [1.807, 2.05) is 13.0 Å². The van der Waals surface area contributed by atoms with Crippen molar-refractivity contribution in [1.29, 1.82) is 0 Å². The number of hydrogen-bond acceptors (Lipinski definition) is 7. The van der Waals surface area contributed by atoms with E-state index < -0.39 is 0 Å². The van der Waals surface area contributed by atoms with E-state index in [-0.39, 0.29) is 23.5 Å². The Bertz CT molecular complexity index is 1110. The summed E-state index contributed by atoms with van der Waals surface area (Å²) in [5.41, 5.74) is 5.07. The predicted molar refractivity (Wildman–Crippen MR) is 127 cm³/mol. The molecule has 0 aliphatic heterocycles. The van der Waals surface area contributed by atoms with Crippen LogP contribution in [-0.4, -0.2) is 33.7 Å². The number of rotatable bonds is 8. The highest BCUT2D eigenvalue weighted by Crippen LogP contribution is 2.31. The van der Waals surface area contributed by atoms with Gasteiger partial charge in [-0.3, -0.25) is 9.59 Å². The number of carbonyl (C=O) groups is 2. The lowest BCUT2D eigenvalue weighted by molar-refractivity contribution is -0.142. The molecule has 0 aliphatic rings. The molecule has 0 fully saturated rings. The van der Waals surface area contributed by atoms with E-state index in [1.54, 1.807) is 12.3 Å². The molecule has 0 saturated carbocycles. The Morgan fingerprint density at radius 1 is 1.13 bits per heavy atom. The summed E-state index contributed by atoms with van der Waals surface area (Å²) in [4.78, 5) is 33.6. The highest BCUT2D eigenvalue weighted by molar-refractivity contribution is 8.00. The quantitative estimate of drug-likeness (QED) is 0.368. The van der Waals surface area contributed by atoms with Crippen LogP contribution in [-0.2, 0) is 20.7 Å². The van der Waals surface area contributed by atoms with Crippen LogP contribution in [0.25, 0.3) is 10.9 Å². The van der Waals surface area contributed by atoms with Crippen molar-refractivity contribution < 1.29 is 14.3 Å². The average Bonchev–Trinajstić information content (AvgIpc) is 3.13. The van der Waals surface area contributed by atoms with Crippen molar-refractivity contribution >= 4 is 51.0 Å². The number of amides is 1. The van der Waals surface area contributed by atoms with Crippen molar-refractivity contribution in [2.45, 2.75) is 57.7 Å². The SMILES string of the molecule is CCOC(=O)Cc1csc(NC(=O)C(CC)Sc2cc(C)c3cc(C)cc(C)c3n2)n1. The summed E-state index contributed by atoms with van der Waals surface area (Å²) in [6.45, 7) is 10.3. The number of aryl methyl sites for hydroxylation is 3. The molecule has 0 aliphatic carbocycles. The van der Waals surface area contributed by atoms with E-state index in [0.717, 1.165) is 27.1 Å². The molecule has 8 heteroatoms. The number of hydrogen-bond donors (Lipinski definition) is 1. The van der Waals surface area contributed by atoms with Gasteiger partial charge in [0.05, 0.1) is 34.5 Å². The lowest BCUT2D eigenvalue weighted by atomic mass is 10.0. The van der Waals surface area contributed by atoms with Crippen LogP contribution in [0.1, 0.15) is 42.7 Å². The third kappa shape index (κ3) is 5.83. The number of benzene rings is 1. The van der Waals surface area contributed by atoms with Crippen LogP contribution in [0.4, 0.5) is 5.13 Å². The molecule has 2 aromatic heterocycles. The smallest absolute Gasteiger partial charge is 0.311 e. The fraction of sp³-hybridized carbons (Fsp3) is 0.391. The molecule has 0 saturated heterocycles. The summed E-state index contributed by atoms with van der Waals surface area (Å²) in [6.07, 6.45) is 0.758. The van der Waals surface area contributed by atoms with Gasteiger partial charge in [-0.25, -0.2) is 9.97 Å². The van der Waals surface area contributed by atoms with Crippen LogP contribution >= 0.6 is 23.1 Å². The van der Waals surface area contributed by atoms with Crippen LogP contribution in [0, 0.1) is 20.8 Å². The normalized spacial score (nSPS) is 12.0. The molecule has 31 heavy (non-hydrogen) atoms. The highest BCUT2D eigenvalue weighted by Gasteiger charge is 2.21. The minimum absolute atomic E-state index is 0.102. The number of fused-ring (bicyclic) bond motifs is 1. The van der Waals surface area contributed by atoms with Crippen molar-refractivity contribution in [1.82, 2.24) is 9.97 Å². The van der Waals surface area contributed by atoms with Gasteiger partial charge in [-0.1, -0.05) is 30.3 Å². The lowest BCUT2D eigenvalue weighted by Crippen LogP contribution is -2.24. The maximum Gasteiger partial charge on any atom is 0.311 e. The zero-order valence-corrected chi connectivity index (χ0v) is 20.1. The zero-order valence-electron chi connectivity index (χ0n) is 18.4. The van der Waals surface area contributed by atoms with Crippen molar-refractivity contribution in [2.24, 2.45) is 0 Å². The fourth-order valence-corrected chi connectivity index (χ4v) is 5.06. The Kier molecular flexibility index (Phi) is 7.67. The van der Waals surface area contributed by atoms with Gasteiger partial charge in [-0.15, -0.1) is 11.3 Å². The predicted octanol–water partition coefficient (Wildman–Crippen LogP) is 5.23. The molecule has 1 amide bonds. The number of nitrogens with one attached hydrogen (secondary N) is 1. The Labute approximate surface area is 190 Å². The molecule has 1 N–H and O–H groups in total. The topological polar surface area (TPSA) is 81.2 Å². The molecule has 2 heterocycles. The van der Waals surface area contributed by atoms with Crippen molar-refractivity contribution in [3.05, 3.63) is 46.0 Å². The molecule has 3 aromatic rings. The first-order chi connectivity index (χ1) is 14.8. The monoisotopic (exact) mass is 457 g/mol. The van der Waals surface area contributed by atoms with Gasteiger partial charge in [-0.2, -0.15) is 0 Å². The Morgan fingerprint density at radius 3 is 2.61 bits per heavy atom. The Balaban J connectivity index is 1.72. The molecule has 6 nitrogen and oxygen atoms in total. The number of carbonyl (C=O) groups excluding carboxylic acids is 2. The zero-order chi connectivity index (χ0) is 22.5. The largest absolute Gasteiger partial charge is 0.466 e. The summed E-state index contributed by atoms with van der Waals surface area (Å²) in [5, 5.41) is 6.81. The molecular weight excluding hydrogens is 430 g/mol. The number of thiazole rings is 1. The number of anilines is 1. The van der Waals surface area contributed by atoms with Gasteiger partial charge in [0, 0.05) is 10.8 Å². The van der Waals surface area contributed by atoms with Gasteiger partial charge < -0.3 is 10.1 Å². The number of pyridine rings is 1. The molecule has 164 valence electrons. The Hall–Kier alpha value is -2.45. The van der Waals surface area contributed by atoms with Crippen molar-refractivity contribution in [3.8, 4) is 0 Å². The molecule has 0 radical (unpaired) electrons.